The van der Waals surface area contributed by atoms with Crippen LogP contribution in [-0.4, -0.2) is 116 Å². The largest absolute Gasteiger partial charge is 0.394 e. The molecular formula is C36H58O11. The van der Waals surface area contributed by atoms with E-state index in [0.717, 1.165) is 54.4 Å². The van der Waals surface area contributed by atoms with E-state index in [1.807, 2.05) is 26.8 Å². The van der Waals surface area contributed by atoms with E-state index in [2.05, 4.69) is 46.4 Å². The third kappa shape index (κ3) is 9.70. The van der Waals surface area contributed by atoms with Crippen LogP contribution in [0.2, 0.25) is 0 Å². The lowest BCUT2D eigenvalue weighted by molar-refractivity contribution is -0.360. The van der Waals surface area contributed by atoms with E-state index in [1.165, 1.54) is 11.1 Å². The second-order valence-electron chi connectivity index (χ2n) is 14.0. The summed E-state index contributed by atoms with van der Waals surface area (Å²) in [6.07, 6.45) is -4.79. The molecule has 0 bridgehead atoms. The average molecular weight is 667 g/mol. The van der Waals surface area contributed by atoms with Crippen molar-refractivity contribution in [1.82, 2.24) is 0 Å². The van der Waals surface area contributed by atoms with Crippen molar-refractivity contribution in [2.45, 2.75) is 148 Å². The monoisotopic (exact) mass is 666 g/mol. The lowest BCUT2D eigenvalue weighted by Crippen LogP contribution is -2.65. The van der Waals surface area contributed by atoms with Crippen LogP contribution < -0.4 is 0 Å². The Labute approximate surface area is 279 Å². The zero-order chi connectivity index (χ0) is 35.2. The van der Waals surface area contributed by atoms with Crippen LogP contribution in [0, 0.1) is 5.41 Å². The molecule has 2 heterocycles. The molecule has 0 aromatic heterocycles. The molecule has 0 amide bonds. The quantitative estimate of drug-likeness (QED) is 0.0874. The zero-order valence-corrected chi connectivity index (χ0v) is 29.0. The minimum Gasteiger partial charge on any atom is -0.394 e. The Morgan fingerprint density at radius 1 is 0.830 bits per heavy atom. The van der Waals surface area contributed by atoms with E-state index in [-0.39, 0.29) is 5.41 Å². The Bertz CT molecular complexity index is 1180. The van der Waals surface area contributed by atoms with E-state index in [0.29, 0.717) is 0 Å². The number of unbranched alkanes of at least 4 members (excludes halogenated alkanes) is 1. The lowest BCUT2D eigenvalue weighted by atomic mass is 9.70. The topological polar surface area (TPSA) is 179 Å². The summed E-state index contributed by atoms with van der Waals surface area (Å²) in [5, 5.41) is 73.0. The van der Waals surface area contributed by atoms with Gasteiger partial charge in [0.1, 0.15) is 54.9 Å². The van der Waals surface area contributed by atoms with Gasteiger partial charge >= 0.3 is 0 Å². The highest BCUT2D eigenvalue weighted by molar-refractivity contribution is 5.36. The Morgan fingerprint density at radius 3 is 1.98 bits per heavy atom. The molecule has 1 aliphatic carbocycles. The van der Waals surface area contributed by atoms with Crippen molar-refractivity contribution in [2.24, 2.45) is 5.41 Å². The fourth-order valence-electron chi connectivity index (χ4n) is 6.57. The van der Waals surface area contributed by atoms with Crippen molar-refractivity contribution in [3.05, 3.63) is 58.2 Å². The van der Waals surface area contributed by atoms with Crippen LogP contribution in [0.15, 0.2) is 58.2 Å². The van der Waals surface area contributed by atoms with E-state index in [1.54, 1.807) is 0 Å². The second kappa shape index (κ2) is 17.3. The highest BCUT2D eigenvalue weighted by Gasteiger charge is 2.51. The first-order valence-corrected chi connectivity index (χ1v) is 16.7. The zero-order valence-electron chi connectivity index (χ0n) is 29.0. The van der Waals surface area contributed by atoms with Crippen LogP contribution >= 0.6 is 0 Å². The van der Waals surface area contributed by atoms with Gasteiger partial charge in [0, 0.05) is 0 Å². The summed E-state index contributed by atoms with van der Waals surface area (Å²) in [5.74, 6) is 0. The maximum atomic E-state index is 11.3. The van der Waals surface area contributed by atoms with Gasteiger partial charge in [0.25, 0.3) is 0 Å². The van der Waals surface area contributed by atoms with Crippen LogP contribution in [-0.2, 0) is 18.9 Å². The highest BCUT2D eigenvalue weighted by Crippen LogP contribution is 2.44. The molecule has 268 valence electrons. The molecule has 3 aliphatic rings. The number of hydrogen-bond donors (Lipinski definition) is 7. The van der Waals surface area contributed by atoms with Gasteiger partial charge in [0.15, 0.2) is 12.6 Å². The SMILES string of the molecule is C=C(C)/C(C)=C/CC/C=C(C)/C(C)=C/C(OC1O[C@H](CO)[C@@H](OC2O[C@H](CO)[C@@H](O)[C@H](O)[C@H]2O)[C@H](O)[C@H]1O)C1=C(C)CCCC1(C)C. The van der Waals surface area contributed by atoms with Gasteiger partial charge in [0.2, 0.25) is 0 Å². The standard InChI is InChI=1S/C36H58O11/c1-19(2)20(3)12-9-10-13-21(4)23(6)16-24(27-22(5)14-11-15-36(27,7)8)44-34-32(43)30(41)33(26(18-38)46-34)47-35-31(42)29(40)28(39)25(17-37)45-35/h12-13,16,24-26,28-35,37-43H,1,9-11,14-15,17-18H2,2-8H3/b20-12+,21-13+,23-16+/t24?,25-,26-,28-,29+,30-,31-,32-,33-,34?,35?/m1/s1. The molecule has 0 spiro atoms. The Kier molecular flexibility index (Phi) is 14.6. The summed E-state index contributed by atoms with van der Waals surface area (Å²) >= 11 is 0. The maximum absolute atomic E-state index is 11.3. The Morgan fingerprint density at radius 2 is 1.40 bits per heavy atom. The highest BCUT2D eigenvalue weighted by atomic mass is 16.7. The fraction of sp³-hybridized carbons (Fsp3) is 0.722. The van der Waals surface area contributed by atoms with Crippen LogP contribution in [0.3, 0.4) is 0 Å². The first-order valence-electron chi connectivity index (χ1n) is 16.7. The molecule has 11 atom stereocenters. The molecule has 11 heteroatoms. The molecule has 0 radical (unpaired) electrons. The van der Waals surface area contributed by atoms with E-state index >= 15 is 0 Å². The number of hydrogen-bond acceptors (Lipinski definition) is 11. The van der Waals surface area contributed by atoms with Gasteiger partial charge in [0.05, 0.1) is 13.2 Å². The van der Waals surface area contributed by atoms with Crippen molar-refractivity contribution in [2.75, 3.05) is 13.2 Å². The van der Waals surface area contributed by atoms with Gasteiger partial charge in [-0.15, -0.1) is 0 Å². The van der Waals surface area contributed by atoms with Gasteiger partial charge in [-0.2, -0.15) is 0 Å². The first kappa shape index (κ1) is 39.7. The summed E-state index contributed by atoms with van der Waals surface area (Å²) in [6.45, 7) is 17.2. The number of aliphatic hydroxyl groups is 7. The Balaban J connectivity index is 1.87. The van der Waals surface area contributed by atoms with Crippen LogP contribution in [0.25, 0.3) is 0 Å². The maximum Gasteiger partial charge on any atom is 0.187 e. The third-order valence-corrected chi connectivity index (χ3v) is 9.83. The number of aliphatic hydroxyl groups excluding tert-OH is 7. The first-order chi connectivity index (χ1) is 22.0. The summed E-state index contributed by atoms with van der Waals surface area (Å²) in [6, 6.07) is 0. The average Bonchev–Trinajstić information content (AvgIpc) is 3.01. The van der Waals surface area contributed by atoms with Crippen molar-refractivity contribution in [3.8, 4) is 0 Å². The summed E-state index contributed by atoms with van der Waals surface area (Å²) in [7, 11) is 0. The molecule has 47 heavy (non-hydrogen) atoms. The van der Waals surface area contributed by atoms with Gasteiger partial charge in [-0.3, -0.25) is 0 Å². The molecule has 2 saturated heterocycles. The van der Waals surface area contributed by atoms with E-state index < -0.39 is 80.7 Å². The number of rotatable bonds is 13. The van der Waals surface area contributed by atoms with E-state index in [4.69, 9.17) is 18.9 Å². The predicted octanol–water partition coefficient (Wildman–Crippen LogP) is 2.72. The summed E-state index contributed by atoms with van der Waals surface area (Å²) in [4.78, 5) is 0. The molecule has 2 fully saturated rings. The normalized spacial score (nSPS) is 36.4. The fourth-order valence-corrected chi connectivity index (χ4v) is 6.57. The molecule has 0 aromatic carbocycles. The molecule has 7 N–H and O–H groups in total. The number of ether oxygens (including phenoxy) is 4. The molecular weight excluding hydrogens is 608 g/mol. The Hall–Kier alpha value is -1.74. The van der Waals surface area contributed by atoms with Crippen LogP contribution in [0.1, 0.15) is 80.6 Å². The van der Waals surface area contributed by atoms with Crippen molar-refractivity contribution >= 4 is 0 Å². The minimum atomic E-state index is -1.74. The predicted molar refractivity (Wildman–Crippen MR) is 177 cm³/mol. The van der Waals surface area contributed by atoms with Crippen LogP contribution in [0.4, 0.5) is 0 Å². The van der Waals surface area contributed by atoms with Crippen LogP contribution in [0.5, 0.6) is 0 Å². The van der Waals surface area contributed by atoms with Gasteiger partial charge in [-0.25, -0.2) is 0 Å². The number of allylic oxidation sites excluding steroid dienone is 7. The molecule has 0 aromatic rings. The van der Waals surface area contributed by atoms with Gasteiger partial charge < -0.3 is 54.7 Å². The lowest BCUT2D eigenvalue weighted by Gasteiger charge is -2.47. The van der Waals surface area contributed by atoms with Crippen molar-refractivity contribution in [3.63, 3.8) is 0 Å². The minimum absolute atomic E-state index is 0.213. The van der Waals surface area contributed by atoms with E-state index in [9.17, 15) is 35.7 Å². The second-order valence-corrected chi connectivity index (χ2v) is 14.0. The van der Waals surface area contributed by atoms with Gasteiger partial charge in [-0.05, 0) is 89.4 Å². The molecule has 2 aliphatic heterocycles. The summed E-state index contributed by atoms with van der Waals surface area (Å²) in [5.41, 5.74) is 6.34. The molecule has 0 saturated carbocycles. The molecule has 11 nitrogen and oxygen atoms in total. The van der Waals surface area contributed by atoms with Gasteiger partial charge in [-0.1, -0.05) is 54.9 Å². The summed E-state index contributed by atoms with van der Waals surface area (Å²) < 4.78 is 23.7. The molecule has 3 unspecified atom stereocenters. The van der Waals surface area contributed by atoms with Crippen molar-refractivity contribution < 1.29 is 54.7 Å². The third-order valence-electron chi connectivity index (χ3n) is 9.83. The smallest absolute Gasteiger partial charge is 0.187 e. The van der Waals surface area contributed by atoms with Crippen molar-refractivity contribution in [1.29, 1.82) is 0 Å². The molecule has 3 rings (SSSR count).